The van der Waals surface area contributed by atoms with Crippen molar-refractivity contribution >= 4 is 28.5 Å². The summed E-state index contributed by atoms with van der Waals surface area (Å²) in [5, 5.41) is 18.7. The van der Waals surface area contributed by atoms with Crippen LogP contribution >= 0.6 is 11.6 Å². The maximum absolute atomic E-state index is 10.6. The number of rotatable bonds is 2. The van der Waals surface area contributed by atoms with Gasteiger partial charge in [-0.05, 0) is 17.7 Å². The third-order valence-electron chi connectivity index (χ3n) is 2.08. The number of carboxylic acids is 1. The van der Waals surface area contributed by atoms with E-state index in [2.05, 4.69) is 9.97 Å². The molecular weight excluding hydrogens is 232 g/mol. The molecule has 0 bridgehead atoms. The number of nitrogens with zero attached hydrogens (tertiary/aromatic N) is 2. The summed E-state index contributed by atoms with van der Waals surface area (Å²) in [7, 11) is 0. The van der Waals surface area contributed by atoms with Crippen LogP contribution in [0.4, 0.5) is 0 Å². The number of aliphatic carboxylic acids is 1. The van der Waals surface area contributed by atoms with Crippen LogP contribution in [-0.2, 0) is 11.2 Å². The zero-order chi connectivity index (χ0) is 11.7. The van der Waals surface area contributed by atoms with Crippen molar-refractivity contribution in [2.24, 2.45) is 0 Å². The molecule has 0 saturated carbocycles. The van der Waals surface area contributed by atoms with Crippen molar-refractivity contribution in [3.63, 3.8) is 0 Å². The zero-order valence-corrected chi connectivity index (χ0v) is 8.77. The highest BCUT2D eigenvalue weighted by molar-refractivity contribution is 6.28. The number of benzene rings is 1. The maximum atomic E-state index is 10.6. The monoisotopic (exact) mass is 238 g/mol. The quantitative estimate of drug-likeness (QED) is 0.777. The Labute approximate surface area is 95.3 Å². The van der Waals surface area contributed by atoms with Crippen LogP contribution < -0.4 is 0 Å². The van der Waals surface area contributed by atoms with Gasteiger partial charge in [-0.25, -0.2) is 9.97 Å². The lowest BCUT2D eigenvalue weighted by molar-refractivity contribution is -0.136. The molecule has 0 spiro atoms. The summed E-state index contributed by atoms with van der Waals surface area (Å²) in [6, 6.07) is 4.69. The predicted octanol–water partition coefficient (Wildman–Crippen LogP) is 1.62. The first-order chi connectivity index (χ1) is 7.58. The smallest absolute Gasteiger partial charge is 0.309 e. The summed E-state index contributed by atoms with van der Waals surface area (Å²) in [5.74, 6) is -1.06. The van der Waals surface area contributed by atoms with Crippen molar-refractivity contribution in [2.45, 2.75) is 6.42 Å². The van der Waals surface area contributed by atoms with E-state index in [0.29, 0.717) is 11.1 Å². The van der Waals surface area contributed by atoms with Crippen LogP contribution in [0.5, 0.6) is 5.75 Å². The van der Waals surface area contributed by atoms with Crippen molar-refractivity contribution in [3.05, 3.63) is 29.2 Å². The molecule has 1 heterocycles. The molecule has 0 fully saturated rings. The molecule has 0 aliphatic carbocycles. The number of aromatic hydroxyl groups is 1. The summed E-state index contributed by atoms with van der Waals surface area (Å²) in [6.07, 6.45) is -0.262. The minimum absolute atomic E-state index is 0.0477. The van der Waals surface area contributed by atoms with Gasteiger partial charge in [-0.1, -0.05) is 12.1 Å². The highest BCUT2D eigenvalue weighted by Crippen LogP contribution is 2.25. The summed E-state index contributed by atoms with van der Waals surface area (Å²) in [5.41, 5.74) is 0.553. The highest BCUT2D eigenvalue weighted by Gasteiger charge is 2.12. The number of halogens is 1. The molecule has 2 aromatic rings. The first kappa shape index (κ1) is 10.6. The van der Waals surface area contributed by atoms with Gasteiger partial charge in [-0.2, -0.15) is 0 Å². The summed E-state index contributed by atoms with van der Waals surface area (Å²) in [6.45, 7) is 0. The number of hydrogen-bond donors (Lipinski definition) is 2. The lowest BCUT2D eigenvalue weighted by atomic mass is 10.1. The van der Waals surface area contributed by atoms with E-state index in [9.17, 15) is 9.90 Å². The number of hydrogen-bond acceptors (Lipinski definition) is 4. The van der Waals surface area contributed by atoms with Gasteiger partial charge in [-0.3, -0.25) is 4.79 Å². The van der Waals surface area contributed by atoms with Gasteiger partial charge in [-0.15, -0.1) is 0 Å². The average molecular weight is 239 g/mol. The van der Waals surface area contributed by atoms with Gasteiger partial charge in [0.1, 0.15) is 11.3 Å². The minimum Gasteiger partial charge on any atom is -0.506 e. The molecule has 2 rings (SSSR count). The molecule has 0 saturated heterocycles. The van der Waals surface area contributed by atoms with Crippen LogP contribution in [0.3, 0.4) is 0 Å². The molecule has 0 unspecified atom stereocenters. The Kier molecular flexibility index (Phi) is 2.62. The topological polar surface area (TPSA) is 83.3 Å². The van der Waals surface area contributed by atoms with E-state index in [0.717, 1.165) is 0 Å². The molecule has 1 aromatic carbocycles. The number of aromatic nitrogens is 2. The average Bonchev–Trinajstić information content (AvgIpc) is 2.18. The molecule has 0 amide bonds. The molecule has 0 aliphatic heterocycles. The fraction of sp³-hybridized carbons (Fsp3) is 0.100. The van der Waals surface area contributed by atoms with Gasteiger partial charge in [0.2, 0.25) is 5.28 Å². The van der Waals surface area contributed by atoms with Crippen molar-refractivity contribution in [1.82, 2.24) is 9.97 Å². The van der Waals surface area contributed by atoms with E-state index in [4.69, 9.17) is 16.7 Å². The second-order valence-corrected chi connectivity index (χ2v) is 3.52. The highest BCUT2D eigenvalue weighted by atomic mass is 35.5. The van der Waals surface area contributed by atoms with Crippen LogP contribution in [0.1, 0.15) is 5.69 Å². The minimum atomic E-state index is -1.01. The number of para-hydroxylation sites is 1. The second-order valence-electron chi connectivity index (χ2n) is 3.18. The fourth-order valence-electron chi connectivity index (χ4n) is 1.45. The van der Waals surface area contributed by atoms with Gasteiger partial charge in [0.25, 0.3) is 0 Å². The van der Waals surface area contributed by atoms with Crippen LogP contribution in [0, 0.1) is 0 Å². The molecule has 0 atom stereocenters. The Hall–Kier alpha value is -1.88. The van der Waals surface area contributed by atoms with Gasteiger partial charge >= 0.3 is 5.97 Å². The number of phenolic OH excluding ortho intramolecular Hbond substituents is 1. The maximum Gasteiger partial charge on any atom is 0.309 e. The Balaban J connectivity index is 2.72. The largest absolute Gasteiger partial charge is 0.506 e. The number of phenols is 1. The van der Waals surface area contributed by atoms with E-state index in [1.807, 2.05) is 0 Å². The normalized spacial score (nSPS) is 10.6. The van der Waals surface area contributed by atoms with E-state index >= 15 is 0 Å². The van der Waals surface area contributed by atoms with Gasteiger partial charge < -0.3 is 10.2 Å². The Morgan fingerprint density at radius 3 is 2.81 bits per heavy atom. The number of fused-ring (bicyclic) bond motifs is 1. The number of carbonyl (C=O) groups is 1. The molecule has 16 heavy (non-hydrogen) atoms. The summed E-state index contributed by atoms with van der Waals surface area (Å²) >= 11 is 5.65. The standard InChI is InChI=1S/C10H7ClN2O3/c11-10-12-6(4-8(15)16)5-2-1-3-7(14)9(5)13-10/h1-3,14H,4H2,(H,15,16). The molecule has 0 aliphatic rings. The van der Waals surface area contributed by atoms with Gasteiger partial charge in [0, 0.05) is 5.39 Å². The molecule has 0 radical (unpaired) electrons. The SMILES string of the molecule is O=C(O)Cc1nc(Cl)nc2c(O)cccc12. The van der Waals surface area contributed by atoms with E-state index in [1.165, 1.54) is 6.07 Å². The third-order valence-corrected chi connectivity index (χ3v) is 2.24. The molecule has 2 N–H and O–H groups in total. The van der Waals surface area contributed by atoms with Crippen molar-refractivity contribution in [1.29, 1.82) is 0 Å². The molecule has 82 valence electrons. The first-order valence-corrected chi connectivity index (χ1v) is 4.81. The summed E-state index contributed by atoms with van der Waals surface area (Å²) < 4.78 is 0. The molecule has 6 heteroatoms. The van der Waals surface area contributed by atoms with Crippen LogP contribution in [0.15, 0.2) is 18.2 Å². The zero-order valence-electron chi connectivity index (χ0n) is 8.01. The van der Waals surface area contributed by atoms with E-state index in [-0.39, 0.29) is 23.0 Å². The fourth-order valence-corrected chi connectivity index (χ4v) is 1.64. The number of carboxylic acid groups (broad SMARTS) is 1. The molecule has 1 aromatic heterocycles. The van der Waals surface area contributed by atoms with E-state index in [1.54, 1.807) is 12.1 Å². The first-order valence-electron chi connectivity index (χ1n) is 4.44. The summed E-state index contributed by atoms with van der Waals surface area (Å²) in [4.78, 5) is 18.3. The van der Waals surface area contributed by atoms with Gasteiger partial charge in [0.05, 0.1) is 12.1 Å². The Morgan fingerprint density at radius 2 is 2.12 bits per heavy atom. The third kappa shape index (κ3) is 1.90. The van der Waals surface area contributed by atoms with Crippen LogP contribution in [0.25, 0.3) is 10.9 Å². The lowest BCUT2D eigenvalue weighted by Crippen LogP contribution is -2.04. The Bertz CT molecular complexity index is 571. The molecule has 5 nitrogen and oxygen atoms in total. The van der Waals surface area contributed by atoms with Gasteiger partial charge in [0.15, 0.2) is 0 Å². The Morgan fingerprint density at radius 1 is 1.38 bits per heavy atom. The lowest BCUT2D eigenvalue weighted by Gasteiger charge is -2.04. The second kappa shape index (κ2) is 3.94. The predicted molar refractivity (Wildman–Crippen MR) is 57.6 cm³/mol. The van der Waals surface area contributed by atoms with Crippen molar-refractivity contribution in [2.75, 3.05) is 0 Å². The van der Waals surface area contributed by atoms with Crippen molar-refractivity contribution < 1.29 is 15.0 Å². The van der Waals surface area contributed by atoms with Crippen molar-refractivity contribution in [3.8, 4) is 5.75 Å². The molecular formula is C10H7ClN2O3. The van der Waals surface area contributed by atoms with Crippen LogP contribution in [0.2, 0.25) is 5.28 Å². The van der Waals surface area contributed by atoms with Crippen LogP contribution in [-0.4, -0.2) is 26.2 Å². The van der Waals surface area contributed by atoms with E-state index < -0.39 is 5.97 Å².